The molecule has 0 atom stereocenters. The van der Waals surface area contributed by atoms with Crippen molar-refractivity contribution in [2.45, 2.75) is 0 Å². The highest BCUT2D eigenvalue weighted by Gasteiger charge is 2.48. The zero-order chi connectivity index (χ0) is 43.2. The summed E-state index contributed by atoms with van der Waals surface area (Å²) in [6.45, 7) is 0. The molecule has 306 valence electrons. The van der Waals surface area contributed by atoms with Gasteiger partial charge in [0.1, 0.15) is 0 Å². The molecule has 0 radical (unpaired) electrons. The number of anilines is 6. The summed E-state index contributed by atoms with van der Waals surface area (Å²) in [5.74, 6) is 0. The maximum absolute atomic E-state index is 2.79. The maximum atomic E-state index is 2.49. The largest absolute Gasteiger partial charge is 0.311 e. The number of hydrogen-bond acceptors (Lipinski definition) is 2. The van der Waals surface area contributed by atoms with Gasteiger partial charge in [-0.15, -0.1) is 0 Å². The van der Waals surface area contributed by atoms with Crippen molar-refractivity contribution in [2.24, 2.45) is 0 Å². The second-order valence-electron chi connectivity index (χ2n) is 16.9. The fourth-order valence-electron chi connectivity index (χ4n) is 10.4. The summed E-state index contributed by atoms with van der Waals surface area (Å²) >= 11 is 0. The van der Waals surface area contributed by atoms with Crippen LogP contribution in [0.4, 0.5) is 34.1 Å². The fraction of sp³-hybridized carbons (Fsp3) is 0. The van der Waals surface area contributed by atoms with Crippen molar-refractivity contribution in [2.75, 3.05) is 9.80 Å². The molecule has 1 heterocycles. The van der Waals surface area contributed by atoms with E-state index in [0.29, 0.717) is 0 Å². The molecule has 11 aromatic rings. The summed E-state index contributed by atoms with van der Waals surface area (Å²) in [6.07, 6.45) is 0. The minimum absolute atomic E-state index is 1.10. The number of fused-ring (bicyclic) bond motifs is 5. The molecule has 0 amide bonds. The second-order valence-corrected chi connectivity index (χ2v) is 20.6. The fourth-order valence-corrected chi connectivity index (χ4v) is 15.5. The predicted molar refractivity (Wildman–Crippen MR) is 279 cm³/mol. The summed E-state index contributed by atoms with van der Waals surface area (Å²) in [5.41, 5.74) is 11.7. The first-order valence-electron chi connectivity index (χ1n) is 22.4. The quantitative estimate of drug-likeness (QED) is 0.111. The van der Waals surface area contributed by atoms with Gasteiger partial charge < -0.3 is 9.80 Å². The lowest BCUT2D eigenvalue weighted by Gasteiger charge is -2.45. The normalized spacial score (nSPS) is 12.7. The van der Waals surface area contributed by atoms with Gasteiger partial charge in [-0.25, -0.2) is 0 Å². The van der Waals surface area contributed by atoms with Crippen LogP contribution in [0.2, 0.25) is 0 Å². The molecule has 1 aliphatic heterocycles. The number of para-hydroxylation sites is 2. The van der Waals surface area contributed by atoms with Crippen LogP contribution < -0.4 is 30.5 Å². The average Bonchev–Trinajstić information content (AvgIpc) is 3.39. The third-order valence-electron chi connectivity index (χ3n) is 13.3. The standard InChI is InChI=1S/C62H44N2Si/c1-5-19-45(20-6-1)46-33-38-51(39-34-46)63(59-44-49-21-13-14-28-55(49)56-29-15-16-30-57(56)59)52-40-35-47(36-41-52)48-37-42-62-60(43-48)64(50-22-7-2-8-23-50)58-31-17-18-32-61(58)65(62,53-24-9-3-10-25-53)54-26-11-4-12-27-54/h1-44H. The van der Waals surface area contributed by atoms with Gasteiger partial charge in [0.2, 0.25) is 0 Å². The Hall–Kier alpha value is -8.24. The molecule has 0 aliphatic carbocycles. The summed E-state index contributed by atoms with van der Waals surface area (Å²) < 4.78 is 0. The van der Waals surface area contributed by atoms with E-state index in [-0.39, 0.29) is 0 Å². The maximum Gasteiger partial charge on any atom is 0.184 e. The van der Waals surface area contributed by atoms with Crippen LogP contribution in [0.3, 0.4) is 0 Å². The van der Waals surface area contributed by atoms with Gasteiger partial charge in [-0.1, -0.05) is 212 Å². The average molecular weight is 845 g/mol. The van der Waals surface area contributed by atoms with E-state index in [1.807, 2.05) is 0 Å². The van der Waals surface area contributed by atoms with E-state index in [1.54, 1.807) is 0 Å². The number of nitrogens with zero attached hydrogens (tertiary/aromatic N) is 2. The molecule has 0 unspecified atom stereocenters. The van der Waals surface area contributed by atoms with Crippen molar-refractivity contribution in [1.29, 1.82) is 0 Å². The number of rotatable bonds is 8. The van der Waals surface area contributed by atoms with Crippen molar-refractivity contribution >= 4 is 84.5 Å². The summed E-state index contributed by atoms with van der Waals surface area (Å²) in [6, 6.07) is 98.4. The van der Waals surface area contributed by atoms with E-state index >= 15 is 0 Å². The van der Waals surface area contributed by atoms with Crippen molar-refractivity contribution in [3.63, 3.8) is 0 Å². The zero-order valence-corrected chi connectivity index (χ0v) is 36.8. The first kappa shape index (κ1) is 38.4. The monoisotopic (exact) mass is 844 g/mol. The van der Waals surface area contributed by atoms with Crippen LogP contribution in [-0.2, 0) is 0 Å². The second kappa shape index (κ2) is 16.1. The SMILES string of the molecule is c1ccc(-c2ccc(N(c3ccc(-c4ccc5c(c4)N(c4ccccc4)c4ccccc4[Si]5(c4ccccc4)c4ccccc4)cc3)c3cc4ccccc4c4ccccc34)cc2)cc1. The topological polar surface area (TPSA) is 6.48 Å². The minimum Gasteiger partial charge on any atom is -0.311 e. The van der Waals surface area contributed by atoms with Gasteiger partial charge in [-0.2, -0.15) is 0 Å². The first-order chi connectivity index (χ1) is 32.3. The van der Waals surface area contributed by atoms with E-state index < -0.39 is 8.07 Å². The van der Waals surface area contributed by atoms with Gasteiger partial charge in [-0.05, 0) is 114 Å². The Morgan fingerprint density at radius 3 is 1.42 bits per heavy atom. The van der Waals surface area contributed by atoms with Gasteiger partial charge in [0.15, 0.2) is 8.07 Å². The Morgan fingerprint density at radius 1 is 0.308 bits per heavy atom. The Morgan fingerprint density at radius 2 is 0.769 bits per heavy atom. The van der Waals surface area contributed by atoms with Crippen LogP contribution in [0, 0.1) is 0 Å². The lowest BCUT2D eigenvalue weighted by molar-refractivity contribution is 1.29. The Bertz CT molecular complexity index is 3420. The molecular formula is C62H44N2Si. The van der Waals surface area contributed by atoms with Crippen molar-refractivity contribution < 1.29 is 0 Å². The van der Waals surface area contributed by atoms with Crippen molar-refractivity contribution in [3.8, 4) is 22.3 Å². The van der Waals surface area contributed by atoms with Crippen LogP contribution in [0.1, 0.15) is 0 Å². The molecule has 11 aromatic carbocycles. The Balaban J connectivity index is 1.03. The molecule has 65 heavy (non-hydrogen) atoms. The van der Waals surface area contributed by atoms with E-state index in [2.05, 4.69) is 277 Å². The molecule has 1 aliphatic rings. The Kier molecular flexibility index (Phi) is 9.55. The zero-order valence-electron chi connectivity index (χ0n) is 35.8. The van der Waals surface area contributed by atoms with E-state index in [1.165, 1.54) is 70.4 Å². The van der Waals surface area contributed by atoms with E-state index in [0.717, 1.165) is 28.3 Å². The molecule has 0 spiro atoms. The summed E-state index contributed by atoms with van der Waals surface area (Å²) in [5, 5.41) is 10.5. The third kappa shape index (κ3) is 6.47. The lowest BCUT2D eigenvalue weighted by atomic mass is 9.98. The number of hydrogen-bond donors (Lipinski definition) is 0. The van der Waals surface area contributed by atoms with Crippen LogP contribution in [0.5, 0.6) is 0 Å². The number of benzene rings is 11. The molecule has 0 saturated carbocycles. The molecular weight excluding hydrogens is 801 g/mol. The third-order valence-corrected chi connectivity index (χ3v) is 18.2. The van der Waals surface area contributed by atoms with Crippen molar-refractivity contribution in [3.05, 3.63) is 267 Å². The van der Waals surface area contributed by atoms with Crippen LogP contribution >= 0.6 is 0 Å². The molecule has 3 heteroatoms. The molecule has 12 rings (SSSR count). The summed E-state index contributed by atoms with van der Waals surface area (Å²) in [7, 11) is -2.79. The summed E-state index contributed by atoms with van der Waals surface area (Å²) in [4.78, 5) is 4.92. The highest BCUT2D eigenvalue weighted by molar-refractivity contribution is 7.21. The molecule has 2 nitrogen and oxygen atoms in total. The van der Waals surface area contributed by atoms with E-state index in [4.69, 9.17) is 0 Å². The first-order valence-corrected chi connectivity index (χ1v) is 24.4. The van der Waals surface area contributed by atoms with Gasteiger partial charge >= 0.3 is 0 Å². The van der Waals surface area contributed by atoms with Gasteiger partial charge in [-0.3, -0.25) is 0 Å². The van der Waals surface area contributed by atoms with E-state index in [9.17, 15) is 0 Å². The van der Waals surface area contributed by atoms with Gasteiger partial charge in [0.05, 0.1) is 5.69 Å². The van der Waals surface area contributed by atoms with Crippen molar-refractivity contribution in [1.82, 2.24) is 0 Å². The van der Waals surface area contributed by atoms with Gasteiger partial charge in [0.25, 0.3) is 0 Å². The predicted octanol–water partition coefficient (Wildman–Crippen LogP) is 14.0. The van der Waals surface area contributed by atoms with Gasteiger partial charge in [0, 0.05) is 33.8 Å². The highest BCUT2D eigenvalue weighted by atomic mass is 28.3. The molecule has 0 aromatic heterocycles. The minimum atomic E-state index is -2.79. The van der Waals surface area contributed by atoms with Crippen LogP contribution in [-0.4, -0.2) is 8.07 Å². The lowest BCUT2D eigenvalue weighted by Crippen LogP contribution is -2.77. The smallest absolute Gasteiger partial charge is 0.184 e. The molecule has 0 fully saturated rings. The van der Waals surface area contributed by atoms with Crippen LogP contribution in [0.15, 0.2) is 267 Å². The van der Waals surface area contributed by atoms with Crippen LogP contribution in [0.25, 0.3) is 43.8 Å². The molecule has 0 saturated heterocycles. The highest BCUT2D eigenvalue weighted by Crippen LogP contribution is 2.44. The molecule has 0 N–H and O–H groups in total. The Labute approximate surface area is 381 Å². The molecule has 0 bridgehead atoms.